The summed E-state index contributed by atoms with van der Waals surface area (Å²) >= 11 is 0. The van der Waals surface area contributed by atoms with E-state index < -0.39 is 28.5 Å². The molecule has 0 aliphatic heterocycles. The molecule has 10 heteroatoms. The summed E-state index contributed by atoms with van der Waals surface area (Å²) in [7, 11) is -0.848. The van der Waals surface area contributed by atoms with E-state index in [1.165, 1.54) is 12.0 Å². The number of likely N-dealkylation sites (N-methyl/N-ethyl adjacent to an activating group) is 1. The Balaban J connectivity index is 2.40. The fourth-order valence-electron chi connectivity index (χ4n) is 3.26. The molecule has 33 heavy (non-hydrogen) atoms. The molecule has 2 amide bonds. The number of anilines is 1. The molecule has 0 unspecified atom stereocenters. The normalized spacial score (nSPS) is 11.9. The number of para-hydroxylation sites is 2. The summed E-state index contributed by atoms with van der Waals surface area (Å²) in [6.45, 7) is 3.43. The van der Waals surface area contributed by atoms with Crippen molar-refractivity contribution in [3.63, 3.8) is 0 Å². The van der Waals surface area contributed by atoms with Crippen molar-refractivity contribution >= 4 is 27.5 Å². The first-order valence-electron chi connectivity index (χ1n) is 10.4. The topological polar surface area (TPSA) is 105 Å². The molecule has 0 aromatic heterocycles. The maximum atomic E-state index is 13.4. The number of rotatable bonds is 11. The lowest BCUT2D eigenvalue weighted by Crippen LogP contribution is -2.51. The maximum absolute atomic E-state index is 13.4. The summed E-state index contributed by atoms with van der Waals surface area (Å²) in [5.74, 6) is 0.116. The van der Waals surface area contributed by atoms with Crippen LogP contribution in [-0.4, -0.2) is 64.7 Å². The van der Waals surface area contributed by atoms with E-state index in [4.69, 9.17) is 9.47 Å². The van der Waals surface area contributed by atoms with E-state index >= 15 is 0 Å². The summed E-state index contributed by atoms with van der Waals surface area (Å²) in [6.07, 6.45) is 1.02. The molecule has 2 aromatic rings. The third kappa shape index (κ3) is 6.85. The molecule has 180 valence electrons. The number of ether oxygens (including phenoxy) is 2. The van der Waals surface area contributed by atoms with E-state index in [-0.39, 0.29) is 18.1 Å². The number of amides is 2. The molecule has 0 aliphatic rings. The molecule has 2 aromatic carbocycles. The molecule has 9 nitrogen and oxygen atoms in total. The fourth-order valence-corrected chi connectivity index (χ4v) is 4.12. The molecule has 0 radical (unpaired) electrons. The number of hydrogen-bond acceptors (Lipinski definition) is 6. The zero-order valence-corrected chi connectivity index (χ0v) is 20.4. The van der Waals surface area contributed by atoms with Crippen LogP contribution in [0.25, 0.3) is 0 Å². The average Bonchev–Trinajstić information content (AvgIpc) is 2.80. The Labute approximate surface area is 195 Å². The van der Waals surface area contributed by atoms with Crippen LogP contribution in [0, 0.1) is 0 Å². The lowest BCUT2D eigenvalue weighted by molar-refractivity contribution is -0.139. The van der Waals surface area contributed by atoms with Gasteiger partial charge in [0.2, 0.25) is 21.8 Å². The number of benzene rings is 2. The number of hydrogen-bond donors (Lipinski definition) is 1. The highest BCUT2D eigenvalue weighted by Gasteiger charge is 2.30. The highest BCUT2D eigenvalue weighted by molar-refractivity contribution is 7.92. The third-order valence-corrected chi connectivity index (χ3v) is 6.19. The molecule has 0 saturated carbocycles. The zero-order chi connectivity index (χ0) is 24.6. The lowest BCUT2D eigenvalue weighted by atomic mass is 10.1. The van der Waals surface area contributed by atoms with Crippen LogP contribution < -0.4 is 19.1 Å². The number of methoxy groups -OCH3 is 2. The molecule has 0 bridgehead atoms. The first kappa shape index (κ1) is 26.0. The van der Waals surface area contributed by atoms with Crippen molar-refractivity contribution in [3.8, 4) is 11.5 Å². The molecule has 0 fully saturated rings. The SMILES string of the molecule is CCNC(=O)[C@@H](C)N(Cc1ccc(OC)cc1)C(=O)CN(c1ccccc1OC)S(C)(=O)=O. The van der Waals surface area contributed by atoms with Gasteiger partial charge in [-0.2, -0.15) is 0 Å². The van der Waals surface area contributed by atoms with Gasteiger partial charge in [-0.25, -0.2) is 8.42 Å². The van der Waals surface area contributed by atoms with Gasteiger partial charge in [0.05, 0.1) is 26.2 Å². The molecule has 0 aliphatic carbocycles. The predicted octanol–water partition coefficient (Wildman–Crippen LogP) is 2.02. The molecule has 2 rings (SSSR count). The molecular weight excluding hydrogens is 446 g/mol. The van der Waals surface area contributed by atoms with Gasteiger partial charge < -0.3 is 19.7 Å². The van der Waals surface area contributed by atoms with Crippen molar-refractivity contribution in [1.82, 2.24) is 10.2 Å². The first-order chi connectivity index (χ1) is 15.6. The van der Waals surface area contributed by atoms with Crippen LogP contribution in [0.3, 0.4) is 0 Å². The van der Waals surface area contributed by atoms with Gasteiger partial charge in [0.25, 0.3) is 0 Å². The Hall–Kier alpha value is -3.27. The van der Waals surface area contributed by atoms with Gasteiger partial charge in [0.1, 0.15) is 24.1 Å². The number of nitrogens with one attached hydrogen (secondary N) is 1. The van der Waals surface area contributed by atoms with Crippen molar-refractivity contribution in [2.45, 2.75) is 26.4 Å². The second-order valence-electron chi connectivity index (χ2n) is 7.38. The minimum absolute atomic E-state index is 0.116. The van der Waals surface area contributed by atoms with Crippen LogP contribution >= 0.6 is 0 Å². The van der Waals surface area contributed by atoms with E-state index in [9.17, 15) is 18.0 Å². The van der Waals surface area contributed by atoms with Crippen LogP contribution in [0.2, 0.25) is 0 Å². The predicted molar refractivity (Wildman–Crippen MR) is 127 cm³/mol. The first-order valence-corrected chi connectivity index (χ1v) is 12.3. The highest BCUT2D eigenvalue weighted by Crippen LogP contribution is 2.29. The Morgan fingerprint density at radius 1 is 1.03 bits per heavy atom. The molecule has 1 atom stereocenters. The lowest BCUT2D eigenvalue weighted by Gasteiger charge is -2.31. The van der Waals surface area contributed by atoms with Gasteiger partial charge in [0.15, 0.2) is 0 Å². The molecule has 0 spiro atoms. The Morgan fingerprint density at radius 2 is 1.67 bits per heavy atom. The summed E-state index contributed by atoms with van der Waals surface area (Å²) in [5.41, 5.74) is 1.01. The van der Waals surface area contributed by atoms with Gasteiger partial charge in [-0.05, 0) is 43.7 Å². The number of carbonyl (C=O) groups excluding carboxylic acids is 2. The van der Waals surface area contributed by atoms with Gasteiger partial charge in [-0.15, -0.1) is 0 Å². The van der Waals surface area contributed by atoms with Crippen molar-refractivity contribution in [3.05, 3.63) is 54.1 Å². The number of sulfonamides is 1. The van der Waals surface area contributed by atoms with Gasteiger partial charge in [0, 0.05) is 13.1 Å². The van der Waals surface area contributed by atoms with E-state index in [1.54, 1.807) is 69.5 Å². The molecule has 1 N–H and O–H groups in total. The highest BCUT2D eigenvalue weighted by atomic mass is 32.2. The van der Waals surface area contributed by atoms with Gasteiger partial charge in [-0.3, -0.25) is 13.9 Å². The van der Waals surface area contributed by atoms with Crippen LogP contribution in [-0.2, 0) is 26.2 Å². The van der Waals surface area contributed by atoms with Crippen molar-refractivity contribution < 1.29 is 27.5 Å². The number of nitrogens with zero attached hydrogens (tertiary/aromatic N) is 2. The van der Waals surface area contributed by atoms with Gasteiger partial charge >= 0.3 is 0 Å². The summed E-state index contributed by atoms with van der Waals surface area (Å²) in [6, 6.07) is 12.8. The fraction of sp³-hybridized carbons (Fsp3) is 0.391. The molecule has 0 heterocycles. The smallest absolute Gasteiger partial charge is 0.244 e. The third-order valence-electron chi connectivity index (χ3n) is 5.06. The average molecular weight is 478 g/mol. The van der Waals surface area contributed by atoms with E-state index in [1.807, 2.05) is 0 Å². The Morgan fingerprint density at radius 3 is 2.21 bits per heavy atom. The summed E-state index contributed by atoms with van der Waals surface area (Å²) in [5, 5.41) is 2.71. The standard InChI is InChI=1S/C23H31N3O6S/c1-6-24-23(28)17(2)25(15-18-11-13-19(31-3)14-12-18)22(27)16-26(33(5,29)30)20-9-7-8-10-21(20)32-4/h7-14,17H,6,15-16H2,1-5H3,(H,24,28)/t17-/m1/s1. The minimum atomic E-state index is -3.83. The van der Waals surface area contributed by atoms with E-state index in [0.29, 0.717) is 18.0 Å². The Kier molecular flexibility index (Phi) is 9.10. The zero-order valence-electron chi connectivity index (χ0n) is 19.6. The Bertz CT molecular complexity index is 1060. The largest absolute Gasteiger partial charge is 0.497 e. The minimum Gasteiger partial charge on any atom is -0.497 e. The molecular formula is C23H31N3O6S. The van der Waals surface area contributed by atoms with Crippen LogP contribution in [0.1, 0.15) is 19.4 Å². The van der Waals surface area contributed by atoms with Crippen LogP contribution in [0.4, 0.5) is 5.69 Å². The second kappa shape index (κ2) is 11.6. The quantitative estimate of drug-likeness (QED) is 0.531. The summed E-state index contributed by atoms with van der Waals surface area (Å²) in [4.78, 5) is 27.3. The van der Waals surface area contributed by atoms with Crippen LogP contribution in [0.5, 0.6) is 11.5 Å². The van der Waals surface area contributed by atoms with E-state index in [0.717, 1.165) is 16.1 Å². The van der Waals surface area contributed by atoms with E-state index in [2.05, 4.69) is 5.32 Å². The maximum Gasteiger partial charge on any atom is 0.244 e. The second-order valence-corrected chi connectivity index (χ2v) is 9.29. The number of carbonyl (C=O) groups is 2. The van der Waals surface area contributed by atoms with Crippen molar-refractivity contribution in [2.75, 3.05) is 37.9 Å². The van der Waals surface area contributed by atoms with Crippen molar-refractivity contribution in [1.29, 1.82) is 0 Å². The van der Waals surface area contributed by atoms with Crippen LogP contribution in [0.15, 0.2) is 48.5 Å². The van der Waals surface area contributed by atoms with Crippen molar-refractivity contribution in [2.24, 2.45) is 0 Å². The molecule has 0 saturated heterocycles. The van der Waals surface area contributed by atoms with Gasteiger partial charge in [-0.1, -0.05) is 24.3 Å². The monoisotopic (exact) mass is 477 g/mol. The summed E-state index contributed by atoms with van der Waals surface area (Å²) < 4.78 is 36.6.